The standard InChI is InChI=1S/C21H20N2O5/c1-26-17-9-14(10-18(27-2)19(17)28-3)15-8-16(20(22)23-11-15)12-4-6-13(7-5-12)21(24)25/h4-11H,1-3H3,(H2,22,23)(H,24,25). The first kappa shape index (κ1) is 19.0. The van der Waals surface area contributed by atoms with Gasteiger partial charge in [-0.05, 0) is 41.5 Å². The van der Waals surface area contributed by atoms with Crippen LogP contribution in [0.1, 0.15) is 10.4 Å². The fourth-order valence-corrected chi connectivity index (χ4v) is 2.90. The highest BCUT2D eigenvalue weighted by Crippen LogP contribution is 2.41. The molecule has 1 heterocycles. The maximum Gasteiger partial charge on any atom is 0.335 e. The van der Waals surface area contributed by atoms with Crippen molar-refractivity contribution in [1.29, 1.82) is 0 Å². The van der Waals surface area contributed by atoms with Crippen molar-refractivity contribution in [3.05, 3.63) is 54.2 Å². The third-order valence-corrected chi connectivity index (χ3v) is 4.36. The van der Waals surface area contributed by atoms with Gasteiger partial charge in [-0.2, -0.15) is 0 Å². The number of aromatic nitrogens is 1. The third kappa shape index (κ3) is 3.55. The average Bonchev–Trinajstić information content (AvgIpc) is 2.73. The van der Waals surface area contributed by atoms with Crippen LogP contribution in [-0.4, -0.2) is 37.4 Å². The molecule has 0 amide bonds. The highest BCUT2D eigenvalue weighted by molar-refractivity contribution is 5.89. The molecule has 2 aromatic carbocycles. The van der Waals surface area contributed by atoms with Crippen molar-refractivity contribution >= 4 is 11.8 Å². The molecule has 7 nitrogen and oxygen atoms in total. The summed E-state index contributed by atoms with van der Waals surface area (Å²) in [5.41, 5.74) is 9.34. The average molecular weight is 380 g/mol. The summed E-state index contributed by atoms with van der Waals surface area (Å²) in [5.74, 6) is 0.923. The molecule has 0 unspecified atom stereocenters. The Labute approximate surface area is 162 Å². The van der Waals surface area contributed by atoms with Gasteiger partial charge in [0.1, 0.15) is 5.82 Å². The van der Waals surface area contributed by atoms with Crippen LogP contribution in [0.25, 0.3) is 22.3 Å². The Morgan fingerprint density at radius 2 is 1.50 bits per heavy atom. The summed E-state index contributed by atoms with van der Waals surface area (Å²) in [6, 6.07) is 12.0. The number of ether oxygens (including phenoxy) is 3. The normalized spacial score (nSPS) is 10.4. The smallest absolute Gasteiger partial charge is 0.335 e. The SMILES string of the molecule is COc1cc(-c2cnc(N)c(-c3ccc(C(=O)O)cc3)c2)cc(OC)c1OC. The van der Waals surface area contributed by atoms with E-state index in [1.54, 1.807) is 39.7 Å². The van der Waals surface area contributed by atoms with E-state index in [0.717, 1.165) is 16.7 Å². The maximum absolute atomic E-state index is 11.1. The van der Waals surface area contributed by atoms with Crippen LogP contribution in [0.4, 0.5) is 5.82 Å². The number of hydrogen-bond acceptors (Lipinski definition) is 6. The Bertz CT molecular complexity index is 991. The zero-order valence-electron chi connectivity index (χ0n) is 15.7. The summed E-state index contributed by atoms with van der Waals surface area (Å²) < 4.78 is 16.2. The molecule has 0 fully saturated rings. The molecule has 0 aliphatic rings. The Kier molecular flexibility index (Phi) is 5.35. The highest BCUT2D eigenvalue weighted by atomic mass is 16.5. The van der Waals surface area contributed by atoms with Crippen molar-refractivity contribution < 1.29 is 24.1 Å². The molecular weight excluding hydrogens is 360 g/mol. The lowest BCUT2D eigenvalue weighted by Gasteiger charge is -2.15. The van der Waals surface area contributed by atoms with E-state index < -0.39 is 5.97 Å². The first-order valence-corrected chi connectivity index (χ1v) is 8.38. The first-order chi connectivity index (χ1) is 13.5. The summed E-state index contributed by atoms with van der Waals surface area (Å²) in [4.78, 5) is 15.3. The van der Waals surface area contributed by atoms with Crippen LogP contribution >= 0.6 is 0 Å². The molecule has 3 rings (SSSR count). The number of aromatic carboxylic acids is 1. The Morgan fingerprint density at radius 3 is 2.00 bits per heavy atom. The zero-order chi connectivity index (χ0) is 20.3. The van der Waals surface area contributed by atoms with Gasteiger partial charge >= 0.3 is 5.97 Å². The van der Waals surface area contributed by atoms with Crippen LogP contribution in [-0.2, 0) is 0 Å². The number of carbonyl (C=O) groups is 1. The van der Waals surface area contributed by atoms with Gasteiger partial charge in [0.2, 0.25) is 5.75 Å². The molecule has 28 heavy (non-hydrogen) atoms. The van der Waals surface area contributed by atoms with Crippen molar-refractivity contribution in [2.24, 2.45) is 0 Å². The van der Waals surface area contributed by atoms with Crippen LogP contribution < -0.4 is 19.9 Å². The molecule has 0 aliphatic carbocycles. The molecule has 144 valence electrons. The Balaban J connectivity index is 2.10. The summed E-state index contributed by atoms with van der Waals surface area (Å²) >= 11 is 0. The van der Waals surface area contributed by atoms with E-state index in [1.165, 1.54) is 12.1 Å². The molecule has 0 saturated carbocycles. The summed E-state index contributed by atoms with van der Waals surface area (Å²) in [6.45, 7) is 0. The number of nitrogens with two attached hydrogens (primary N) is 1. The first-order valence-electron chi connectivity index (χ1n) is 8.38. The van der Waals surface area contributed by atoms with E-state index in [4.69, 9.17) is 25.1 Å². The predicted octanol–water partition coefficient (Wildman–Crippen LogP) is 3.72. The van der Waals surface area contributed by atoms with Gasteiger partial charge < -0.3 is 25.1 Å². The van der Waals surface area contributed by atoms with Crippen LogP contribution in [0.15, 0.2) is 48.7 Å². The number of nitrogens with zero attached hydrogens (tertiary/aromatic N) is 1. The van der Waals surface area contributed by atoms with Gasteiger partial charge in [0, 0.05) is 17.3 Å². The van der Waals surface area contributed by atoms with Crippen LogP contribution in [0, 0.1) is 0 Å². The number of pyridine rings is 1. The monoisotopic (exact) mass is 380 g/mol. The molecule has 0 aliphatic heterocycles. The second-order valence-corrected chi connectivity index (χ2v) is 5.95. The van der Waals surface area contributed by atoms with Gasteiger partial charge in [0.25, 0.3) is 0 Å². The molecule has 7 heteroatoms. The minimum Gasteiger partial charge on any atom is -0.493 e. The minimum absolute atomic E-state index is 0.205. The fourth-order valence-electron chi connectivity index (χ4n) is 2.90. The number of hydrogen-bond donors (Lipinski definition) is 2. The summed E-state index contributed by atoms with van der Waals surface area (Å²) in [5, 5.41) is 9.06. The van der Waals surface area contributed by atoms with Gasteiger partial charge in [-0.3, -0.25) is 0 Å². The highest BCUT2D eigenvalue weighted by Gasteiger charge is 2.15. The van der Waals surface area contributed by atoms with E-state index in [2.05, 4.69) is 4.98 Å². The topological polar surface area (TPSA) is 104 Å². The van der Waals surface area contributed by atoms with Crippen molar-refractivity contribution in [3.8, 4) is 39.5 Å². The van der Waals surface area contributed by atoms with Gasteiger partial charge in [-0.15, -0.1) is 0 Å². The Hall–Kier alpha value is -3.74. The number of methoxy groups -OCH3 is 3. The van der Waals surface area contributed by atoms with Crippen LogP contribution in [0.2, 0.25) is 0 Å². The molecule has 1 aromatic heterocycles. The largest absolute Gasteiger partial charge is 0.493 e. The van der Waals surface area contributed by atoms with Crippen molar-refractivity contribution in [2.75, 3.05) is 27.1 Å². The van der Waals surface area contributed by atoms with Gasteiger partial charge in [-0.1, -0.05) is 12.1 Å². The molecule has 3 aromatic rings. The van der Waals surface area contributed by atoms with E-state index in [9.17, 15) is 4.79 Å². The number of rotatable bonds is 6. The molecule has 0 spiro atoms. The van der Waals surface area contributed by atoms with Gasteiger partial charge in [0.05, 0.1) is 26.9 Å². The van der Waals surface area contributed by atoms with E-state index in [0.29, 0.717) is 28.6 Å². The van der Waals surface area contributed by atoms with Crippen LogP contribution in [0.3, 0.4) is 0 Å². The lowest BCUT2D eigenvalue weighted by Crippen LogP contribution is -1.98. The molecule has 0 saturated heterocycles. The van der Waals surface area contributed by atoms with Crippen molar-refractivity contribution in [2.45, 2.75) is 0 Å². The number of nitrogen functional groups attached to an aromatic ring is 1. The van der Waals surface area contributed by atoms with Gasteiger partial charge in [0.15, 0.2) is 11.5 Å². The molecular formula is C21H20N2O5. The fraction of sp³-hybridized carbons (Fsp3) is 0.143. The summed E-state index contributed by atoms with van der Waals surface area (Å²) in [6.07, 6.45) is 1.66. The number of carboxylic acid groups (broad SMARTS) is 1. The summed E-state index contributed by atoms with van der Waals surface area (Å²) in [7, 11) is 4.65. The maximum atomic E-state index is 11.1. The molecule has 0 atom stereocenters. The van der Waals surface area contributed by atoms with E-state index in [-0.39, 0.29) is 5.56 Å². The molecule has 0 radical (unpaired) electrons. The number of benzene rings is 2. The second-order valence-electron chi connectivity index (χ2n) is 5.95. The Morgan fingerprint density at radius 1 is 0.893 bits per heavy atom. The minimum atomic E-state index is -0.983. The predicted molar refractivity (Wildman–Crippen MR) is 106 cm³/mol. The number of anilines is 1. The third-order valence-electron chi connectivity index (χ3n) is 4.36. The lowest BCUT2D eigenvalue weighted by molar-refractivity contribution is 0.0697. The van der Waals surface area contributed by atoms with Gasteiger partial charge in [-0.25, -0.2) is 9.78 Å². The number of carboxylic acids is 1. The van der Waals surface area contributed by atoms with Crippen molar-refractivity contribution in [3.63, 3.8) is 0 Å². The lowest BCUT2D eigenvalue weighted by atomic mass is 9.99. The molecule has 0 bridgehead atoms. The molecule has 3 N–H and O–H groups in total. The second kappa shape index (κ2) is 7.87. The van der Waals surface area contributed by atoms with E-state index in [1.807, 2.05) is 18.2 Å². The van der Waals surface area contributed by atoms with Crippen LogP contribution in [0.5, 0.6) is 17.2 Å². The van der Waals surface area contributed by atoms with E-state index >= 15 is 0 Å². The van der Waals surface area contributed by atoms with Crippen molar-refractivity contribution in [1.82, 2.24) is 4.98 Å². The quantitative estimate of drug-likeness (QED) is 0.671. The zero-order valence-corrected chi connectivity index (χ0v) is 15.7.